The maximum Gasteiger partial charge on any atom is 0.242 e. The molecule has 0 aliphatic carbocycles. The van der Waals surface area contributed by atoms with Crippen molar-refractivity contribution >= 4 is 22.6 Å². The van der Waals surface area contributed by atoms with Gasteiger partial charge in [0.05, 0.1) is 39.1 Å². The zero-order valence-corrected chi connectivity index (χ0v) is 17.1. The quantitative estimate of drug-likeness (QED) is 0.655. The van der Waals surface area contributed by atoms with Crippen molar-refractivity contribution in [2.24, 2.45) is 0 Å². The molecule has 0 unspecified atom stereocenters. The number of amides is 2. The number of benzene rings is 3. The molecular weight excluding hydrogens is 374 g/mol. The second kappa shape index (κ2) is 9.55. The van der Waals surface area contributed by atoms with E-state index in [1.54, 1.807) is 0 Å². The molecule has 0 radical (unpaired) electrons. The van der Waals surface area contributed by atoms with Crippen LogP contribution in [0.15, 0.2) is 72.8 Å². The van der Waals surface area contributed by atoms with Gasteiger partial charge in [0.2, 0.25) is 11.8 Å². The van der Waals surface area contributed by atoms with E-state index in [4.69, 9.17) is 0 Å². The van der Waals surface area contributed by atoms with Gasteiger partial charge in [-0.05, 0) is 16.3 Å². The fraction of sp³-hybridized carbons (Fsp3) is 0.280. The number of carbonyl (C=O) groups is 2. The molecule has 2 amide bonds. The van der Waals surface area contributed by atoms with Crippen LogP contribution in [0.5, 0.6) is 0 Å². The summed E-state index contributed by atoms with van der Waals surface area (Å²) in [4.78, 5) is 28.3. The smallest absolute Gasteiger partial charge is 0.242 e. The van der Waals surface area contributed by atoms with Gasteiger partial charge in [0.15, 0.2) is 0 Å². The Bertz CT molecular complexity index is 1010. The average Bonchev–Trinajstić information content (AvgIpc) is 2.79. The average molecular weight is 403 g/mol. The maximum atomic E-state index is 12.5. The Balaban J connectivity index is 1.23. The van der Waals surface area contributed by atoms with Crippen LogP contribution in [0.2, 0.25) is 0 Å². The van der Waals surface area contributed by atoms with E-state index >= 15 is 0 Å². The minimum Gasteiger partial charge on any atom is -0.347 e. The molecule has 1 saturated heterocycles. The Morgan fingerprint density at radius 1 is 0.867 bits per heavy atom. The van der Waals surface area contributed by atoms with Crippen LogP contribution in [0.25, 0.3) is 10.8 Å². The lowest BCUT2D eigenvalue weighted by atomic mass is 10.0. The van der Waals surface area contributed by atoms with Crippen LogP contribution in [0, 0.1) is 0 Å². The normalized spacial score (nSPS) is 14.6. The van der Waals surface area contributed by atoms with E-state index in [1.807, 2.05) is 53.4 Å². The summed E-state index contributed by atoms with van der Waals surface area (Å²) in [6, 6.07) is 24.5. The molecule has 0 spiro atoms. The zero-order valence-electron chi connectivity index (χ0n) is 17.1. The van der Waals surface area contributed by atoms with Gasteiger partial charge >= 0.3 is 0 Å². The highest BCUT2D eigenvalue weighted by Gasteiger charge is 2.23. The van der Waals surface area contributed by atoms with Gasteiger partial charge in [-0.15, -0.1) is 0 Å². The minimum atomic E-state index is -0.118. The molecule has 2 N–H and O–H groups in total. The SMILES string of the molecule is O=C(Cc1cccc2ccccc12)NCC(=O)N1CC[NH+](Cc2ccccc2)CC1. The molecule has 154 valence electrons. The summed E-state index contributed by atoms with van der Waals surface area (Å²) in [5.74, 6) is -0.118. The second-order valence-electron chi connectivity index (χ2n) is 7.88. The lowest BCUT2D eigenvalue weighted by Gasteiger charge is -2.32. The third kappa shape index (κ3) is 5.05. The first-order chi connectivity index (χ1) is 14.7. The highest BCUT2D eigenvalue weighted by atomic mass is 16.2. The molecule has 1 aliphatic heterocycles. The van der Waals surface area contributed by atoms with Gasteiger partial charge in [0, 0.05) is 5.56 Å². The number of fused-ring (bicyclic) bond motifs is 1. The van der Waals surface area contributed by atoms with Crippen molar-refractivity contribution in [3.05, 3.63) is 83.9 Å². The monoisotopic (exact) mass is 402 g/mol. The van der Waals surface area contributed by atoms with E-state index in [-0.39, 0.29) is 24.8 Å². The Kier molecular flexibility index (Phi) is 6.40. The van der Waals surface area contributed by atoms with Crippen molar-refractivity contribution in [3.63, 3.8) is 0 Å². The third-order valence-corrected chi connectivity index (χ3v) is 5.79. The van der Waals surface area contributed by atoms with Crippen molar-refractivity contribution in [2.45, 2.75) is 13.0 Å². The molecule has 5 nitrogen and oxygen atoms in total. The van der Waals surface area contributed by atoms with Gasteiger partial charge in [-0.1, -0.05) is 72.8 Å². The minimum absolute atomic E-state index is 0.0000286. The molecule has 30 heavy (non-hydrogen) atoms. The number of carbonyl (C=O) groups excluding carboxylic acids is 2. The fourth-order valence-electron chi connectivity index (χ4n) is 4.10. The summed E-state index contributed by atoms with van der Waals surface area (Å²) in [6.45, 7) is 4.40. The van der Waals surface area contributed by atoms with Crippen LogP contribution in [-0.4, -0.2) is 49.4 Å². The summed E-state index contributed by atoms with van der Waals surface area (Å²) in [5.41, 5.74) is 2.31. The Morgan fingerprint density at radius 2 is 1.57 bits per heavy atom. The maximum absolute atomic E-state index is 12.5. The van der Waals surface area contributed by atoms with Crippen molar-refractivity contribution in [1.29, 1.82) is 0 Å². The summed E-state index contributed by atoms with van der Waals surface area (Å²) < 4.78 is 0. The van der Waals surface area contributed by atoms with Crippen molar-refractivity contribution in [1.82, 2.24) is 10.2 Å². The summed E-state index contributed by atoms with van der Waals surface area (Å²) >= 11 is 0. The summed E-state index contributed by atoms with van der Waals surface area (Å²) in [7, 11) is 0. The van der Waals surface area contributed by atoms with Crippen molar-refractivity contribution in [2.75, 3.05) is 32.7 Å². The van der Waals surface area contributed by atoms with Gasteiger partial charge < -0.3 is 15.1 Å². The molecule has 1 aliphatic rings. The largest absolute Gasteiger partial charge is 0.347 e. The number of hydrogen-bond acceptors (Lipinski definition) is 2. The highest BCUT2D eigenvalue weighted by molar-refractivity contribution is 5.91. The van der Waals surface area contributed by atoms with E-state index in [1.165, 1.54) is 10.5 Å². The van der Waals surface area contributed by atoms with Crippen LogP contribution in [0.3, 0.4) is 0 Å². The Labute approximate surface area is 177 Å². The first-order valence-corrected chi connectivity index (χ1v) is 10.6. The van der Waals surface area contributed by atoms with E-state index in [0.29, 0.717) is 0 Å². The van der Waals surface area contributed by atoms with Crippen LogP contribution in [0.1, 0.15) is 11.1 Å². The number of rotatable bonds is 6. The van der Waals surface area contributed by atoms with Crippen molar-refractivity contribution < 1.29 is 14.5 Å². The molecular formula is C25H28N3O2+. The van der Waals surface area contributed by atoms with Crippen molar-refractivity contribution in [3.8, 4) is 0 Å². The second-order valence-corrected chi connectivity index (χ2v) is 7.88. The Morgan fingerprint density at radius 3 is 2.37 bits per heavy atom. The van der Waals surface area contributed by atoms with Crippen LogP contribution >= 0.6 is 0 Å². The first-order valence-electron chi connectivity index (χ1n) is 10.6. The zero-order chi connectivity index (χ0) is 20.8. The number of hydrogen-bond donors (Lipinski definition) is 2. The molecule has 0 atom stereocenters. The lowest BCUT2D eigenvalue weighted by Crippen LogP contribution is -3.13. The number of nitrogens with zero attached hydrogens (tertiary/aromatic N) is 1. The molecule has 5 heteroatoms. The molecule has 1 heterocycles. The Hall–Kier alpha value is -3.18. The predicted molar refractivity (Wildman–Crippen MR) is 118 cm³/mol. The van der Waals surface area contributed by atoms with Gasteiger partial charge in [0.1, 0.15) is 6.54 Å². The van der Waals surface area contributed by atoms with Crippen LogP contribution < -0.4 is 10.2 Å². The molecule has 4 rings (SSSR count). The molecule has 3 aromatic carbocycles. The number of piperazine rings is 1. The predicted octanol–water partition coefficient (Wildman–Crippen LogP) is 1.43. The van der Waals surface area contributed by atoms with Gasteiger partial charge in [0.25, 0.3) is 0 Å². The standard InChI is InChI=1S/C25H27N3O2/c29-24(17-22-11-6-10-21-9-4-5-12-23(21)22)26-18-25(30)28-15-13-27(14-16-28)19-20-7-2-1-3-8-20/h1-12H,13-19H2,(H,26,29)/p+1. The van der Waals surface area contributed by atoms with E-state index in [0.717, 1.165) is 49.1 Å². The topological polar surface area (TPSA) is 53.9 Å². The lowest BCUT2D eigenvalue weighted by molar-refractivity contribution is -0.917. The third-order valence-electron chi connectivity index (χ3n) is 5.79. The van der Waals surface area contributed by atoms with Crippen LogP contribution in [-0.2, 0) is 22.6 Å². The molecule has 0 saturated carbocycles. The summed E-state index contributed by atoms with van der Waals surface area (Å²) in [5, 5.41) is 5.01. The molecule has 0 bridgehead atoms. The van der Waals surface area contributed by atoms with E-state index in [9.17, 15) is 9.59 Å². The molecule has 3 aromatic rings. The first kappa shape index (κ1) is 20.1. The summed E-state index contributed by atoms with van der Waals surface area (Å²) in [6.07, 6.45) is 0.281. The number of nitrogens with one attached hydrogen (secondary N) is 2. The van der Waals surface area contributed by atoms with Gasteiger partial charge in [-0.3, -0.25) is 9.59 Å². The highest BCUT2D eigenvalue weighted by Crippen LogP contribution is 2.18. The van der Waals surface area contributed by atoms with Gasteiger partial charge in [-0.25, -0.2) is 0 Å². The van der Waals surface area contributed by atoms with E-state index in [2.05, 4.69) is 29.6 Å². The number of quaternary nitrogens is 1. The van der Waals surface area contributed by atoms with Gasteiger partial charge in [-0.2, -0.15) is 0 Å². The van der Waals surface area contributed by atoms with Crippen LogP contribution in [0.4, 0.5) is 0 Å². The van der Waals surface area contributed by atoms with E-state index < -0.39 is 0 Å². The molecule has 1 fully saturated rings. The fourth-order valence-corrected chi connectivity index (χ4v) is 4.10. The molecule has 0 aromatic heterocycles.